The van der Waals surface area contributed by atoms with Gasteiger partial charge in [-0.1, -0.05) is 32.0 Å². The van der Waals surface area contributed by atoms with Crippen molar-refractivity contribution in [2.24, 2.45) is 5.92 Å². The van der Waals surface area contributed by atoms with E-state index >= 15 is 0 Å². The summed E-state index contributed by atoms with van der Waals surface area (Å²) in [6, 6.07) is 14.1. The Kier molecular flexibility index (Phi) is 6.37. The van der Waals surface area contributed by atoms with Gasteiger partial charge in [0.05, 0.1) is 22.0 Å². The van der Waals surface area contributed by atoms with Crippen LogP contribution in [0.15, 0.2) is 47.4 Å². The fourth-order valence-electron chi connectivity index (χ4n) is 3.11. The molecule has 3 aromatic rings. The first-order valence-electron chi connectivity index (χ1n) is 9.95. The average molecular weight is 423 g/mol. The monoisotopic (exact) mass is 422 g/mol. The van der Waals surface area contributed by atoms with Gasteiger partial charge in [-0.25, -0.2) is 18.4 Å². The largest absolute Gasteiger partial charge is 0.368 e. The lowest BCUT2D eigenvalue weighted by molar-refractivity contribution is 0.589. The lowest BCUT2D eigenvalue weighted by Gasteiger charge is -2.17. The Morgan fingerprint density at radius 1 is 1.03 bits per heavy atom. The molecule has 0 spiro atoms. The molecule has 3 rings (SSSR count). The molecular formula is C23H26N4O2S. The van der Waals surface area contributed by atoms with E-state index in [1.54, 1.807) is 24.3 Å². The van der Waals surface area contributed by atoms with Crippen molar-refractivity contribution in [1.29, 1.82) is 5.26 Å². The summed E-state index contributed by atoms with van der Waals surface area (Å²) in [4.78, 5) is 9.25. The zero-order valence-electron chi connectivity index (χ0n) is 17.7. The Balaban J connectivity index is 2.13. The third-order valence-corrected chi connectivity index (χ3v) is 6.95. The molecule has 0 aliphatic heterocycles. The molecule has 0 unspecified atom stereocenters. The SMILES string of the molecule is Cc1ccc(S(=O)(=O)[C@@H](C#N)c2nc3ccccc3nc2NCCC(C)C)cc1C. The predicted octanol–water partition coefficient (Wildman–Crippen LogP) is 4.74. The number of hydrogen-bond acceptors (Lipinski definition) is 6. The van der Waals surface area contributed by atoms with E-state index in [9.17, 15) is 13.7 Å². The summed E-state index contributed by atoms with van der Waals surface area (Å²) < 4.78 is 26.8. The summed E-state index contributed by atoms with van der Waals surface area (Å²) in [5, 5.41) is 11.6. The number of anilines is 1. The van der Waals surface area contributed by atoms with Crippen molar-refractivity contribution in [3.05, 3.63) is 59.3 Å². The highest BCUT2D eigenvalue weighted by atomic mass is 32.2. The van der Waals surface area contributed by atoms with Crippen LogP contribution in [-0.4, -0.2) is 24.9 Å². The van der Waals surface area contributed by atoms with Crippen LogP contribution in [0.25, 0.3) is 11.0 Å². The molecule has 1 heterocycles. The van der Waals surface area contributed by atoms with Crippen molar-refractivity contribution < 1.29 is 8.42 Å². The molecule has 0 radical (unpaired) electrons. The highest BCUT2D eigenvalue weighted by Gasteiger charge is 2.33. The van der Waals surface area contributed by atoms with Gasteiger partial charge >= 0.3 is 0 Å². The van der Waals surface area contributed by atoms with Gasteiger partial charge in [0.1, 0.15) is 5.69 Å². The predicted molar refractivity (Wildman–Crippen MR) is 119 cm³/mol. The van der Waals surface area contributed by atoms with Crippen LogP contribution in [0.5, 0.6) is 0 Å². The highest BCUT2D eigenvalue weighted by Crippen LogP contribution is 2.33. The smallest absolute Gasteiger partial charge is 0.200 e. The van der Waals surface area contributed by atoms with E-state index in [2.05, 4.69) is 29.1 Å². The first-order chi connectivity index (χ1) is 14.2. The van der Waals surface area contributed by atoms with Gasteiger partial charge in [0.15, 0.2) is 11.1 Å². The Morgan fingerprint density at radius 2 is 1.70 bits per heavy atom. The number of nitrogens with one attached hydrogen (secondary N) is 1. The lowest BCUT2D eigenvalue weighted by atomic mass is 10.1. The molecule has 0 saturated carbocycles. The standard InChI is InChI=1S/C23H26N4O2S/c1-15(2)11-12-25-23-22(26-19-7-5-6-8-20(19)27-23)21(14-24)30(28,29)18-10-9-16(3)17(4)13-18/h5-10,13,15,21H,11-12H2,1-4H3,(H,25,27)/t21-/m0/s1. The van der Waals surface area contributed by atoms with Crippen LogP contribution < -0.4 is 5.32 Å². The second-order valence-corrected chi connectivity index (χ2v) is 9.89. The Bertz CT molecular complexity index is 1210. The van der Waals surface area contributed by atoms with Crippen molar-refractivity contribution in [2.45, 2.75) is 44.3 Å². The molecule has 30 heavy (non-hydrogen) atoms. The minimum absolute atomic E-state index is 0.111. The molecular weight excluding hydrogens is 396 g/mol. The summed E-state index contributed by atoms with van der Waals surface area (Å²) in [6.45, 7) is 8.59. The topological polar surface area (TPSA) is 95.7 Å². The van der Waals surface area contributed by atoms with Crippen molar-refractivity contribution in [1.82, 2.24) is 9.97 Å². The first kappa shape index (κ1) is 21.7. The van der Waals surface area contributed by atoms with E-state index in [0.717, 1.165) is 17.5 Å². The number of sulfone groups is 1. The number of aryl methyl sites for hydroxylation is 2. The number of fused-ring (bicyclic) bond motifs is 1. The maximum Gasteiger partial charge on any atom is 0.200 e. The molecule has 0 fully saturated rings. The summed E-state index contributed by atoms with van der Waals surface area (Å²) in [7, 11) is -3.98. The molecule has 1 N–H and O–H groups in total. The Morgan fingerprint density at radius 3 is 2.30 bits per heavy atom. The molecule has 0 amide bonds. The number of hydrogen-bond donors (Lipinski definition) is 1. The second-order valence-electron chi connectivity index (χ2n) is 7.86. The van der Waals surface area contributed by atoms with Crippen LogP contribution in [-0.2, 0) is 9.84 Å². The van der Waals surface area contributed by atoms with E-state index in [1.807, 2.05) is 38.1 Å². The molecule has 0 bridgehead atoms. The highest BCUT2D eigenvalue weighted by molar-refractivity contribution is 7.92. The van der Waals surface area contributed by atoms with Crippen molar-refractivity contribution in [2.75, 3.05) is 11.9 Å². The fourth-order valence-corrected chi connectivity index (χ4v) is 4.58. The van der Waals surface area contributed by atoms with Crippen molar-refractivity contribution in [3.8, 4) is 6.07 Å². The maximum absolute atomic E-state index is 13.4. The fraction of sp³-hybridized carbons (Fsp3) is 0.348. The third-order valence-electron chi connectivity index (χ3n) is 5.09. The molecule has 1 atom stereocenters. The number of aromatic nitrogens is 2. The van der Waals surface area contributed by atoms with E-state index in [4.69, 9.17) is 0 Å². The first-order valence-corrected chi connectivity index (χ1v) is 11.5. The summed E-state index contributed by atoms with van der Waals surface area (Å²) in [5.74, 6) is 0.814. The van der Waals surface area contributed by atoms with Crippen molar-refractivity contribution >= 4 is 26.7 Å². The van der Waals surface area contributed by atoms with Gasteiger partial charge in [-0.3, -0.25) is 0 Å². The maximum atomic E-state index is 13.4. The van der Waals surface area contributed by atoms with E-state index < -0.39 is 15.1 Å². The van der Waals surface area contributed by atoms with Gasteiger partial charge < -0.3 is 5.32 Å². The second kappa shape index (κ2) is 8.80. The molecule has 2 aromatic carbocycles. The zero-order valence-corrected chi connectivity index (χ0v) is 18.5. The van der Waals surface area contributed by atoms with Crippen LogP contribution in [0.4, 0.5) is 5.82 Å². The minimum atomic E-state index is -3.98. The van der Waals surface area contributed by atoms with Gasteiger partial charge in [0.25, 0.3) is 0 Å². The summed E-state index contributed by atoms with van der Waals surface area (Å²) in [5.41, 5.74) is 3.18. The zero-order chi connectivity index (χ0) is 21.9. The van der Waals surface area contributed by atoms with Crippen LogP contribution in [0.1, 0.15) is 42.3 Å². The number of para-hydroxylation sites is 2. The average Bonchev–Trinajstić information content (AvgIpc) is 2.70. The quantitative estimate of drug-likeness (QED) is 0.591. The molecule has 6 nitrogen and oxygen atoms in total. The minimum Gasteiger partial charge on any atom is -0.368 e. The van der Waals surface area contributed by atoms with Crippen LogP contribution in [0.3, 0.4) is 0 Å². The summed E-state index contributed by atoms with van der Waals surface area (Å²) >= 11 is 0. The lowest BCUT2D eigenvalue weighted by Crippen LogP contribution is -2.18. The number of rotatable bonds is 7. The Labute approximate surface area is 177 Å². The third kappa shape index (κ3) is 4.44. The van der Waals surface area contributed by atoms with Gasteiger partial charge in [-0.05, 0) is 61.6 Å². The van der Waals surface area contributed by atoms with Crippen molar-refractivity contribution in [3.63, 3.8) is 0 Å². The van der Waals surface area contributed by atoms with Crippen LogP contribution in [0, 0.1) is 31.1 Å². The Hall–Kier alpha value is -2.98. The van der Waals surface area contributed by atoms with Crippen LogP contribution in [0.2, 0.25) is 0 Å². The molecule has 7 heteroatoms. The van der Waals surface area contributed by atoms with Crippen LogP contribution >= 0.6 is 0 Å². The molecule has 1 aromatic heterocycles. The number of nitriles is 1. The molecule has 0 aliphatic carbocycles. The van der Waals surface area contributed by atoms with Gasteiger partial charge in [-0.15, -0.1) is 0 Å². The van der Waals surface area contributed by atoms with E-state index in [0.29, 0.717) is 29.3 Å². The number of nitrogens with zero attached hydrogens (tertiary/aromatic N) is 3. The molecule has 0 saturated heterocycles. The summed E-state index contributed by atoms with van der Waals surface area (Å²) in [6.07, 6.45) is 0.884. The van der Waals surface area contributed by atoms with E-state index in [1.165, 1.54) is 0 Å². The van der Waals surface area contributed by atoms with Gasteiger partial charge in [0, 0.05) is 6.54 Å². The normalized spacial score (nSPS) is 12.7. The van der Waals surface area contributed by atoms with Gasteiger partial charge in [0.2, 0.25) is 9.84 Å². The number of benzene rings is 2. The molecule has 0 aliphatic rings. The van der Waals surface area contributed by atoms with E-state index in [-0.39, 0.29) is 10.6 Å². The van der Waals surface area contributed by atoms with Gasteiger partial charge in [-0.2, -0.15) is 5.26 Å². The molecule has 156 valence electrons.